The molecule has 0 atom stereocenters. The Morgan fingerprint density at radius 3 is 1.72 bits per heavy atom. The Labute approximate surface area is 272 Å². The van der Waals surface area contributed by atoms with E-state index in [4.69, 9.17) is 9.72 Å². The number of pyridine rings is 1. The lowest BCUT2D eigenvalue weighted by molar-refractivity contribution is -0.138. The zero-order valence-corrected chi connectivity index (χ0v) is 27.0. The molecule has 3 aliphatic rings. The van der Waals surface area contributed by atoms with Gasteiger partial charge in [0.25, 0.3) is 5.91 Å². The number of benzene rings is 2. The molecule has 242 valence electrons. The molecule has 0 aliphatic carbocycles. The third-order valence-electron chi connectivity index (χ3n) is 9.54. The second-order valence-electron chi connectivity index (χ2n) is 12.9. The summed E-state index contributed by atoms with van der Waals surface area (Å²) in [5.74, 6) is 0.250. The molecule has 0 radical (unpaired) electrons. The maximum Gasteiger partial charge on any atom is 0.410 e. The molecule has 46 heavy (non-hydrogen) atoms. The predicted octanol–water partition coefficient (Wildman–Crippen LogP) is 5.42. The molecule has 2 aromatic carbocycles. The monoisotopic (exact) mass is 623 g/mol. The van der Waals surface area contributed by atoms with E-state index in [2.05, 4.69) is 4.90 Å². The Morgan fingerprint density at radius 1 is 0.674 bits per heavy atom. The summed E-state index contributed by atoms with van der Waals surface area (Å²) in [5.41, 5.74) is 4.23. The molecule has 3 saturated heterocycles. The van der Waals surface area contributed by atoms with Crippen molar-refractivity contribution in [2.24, 2.45) is 5.92 Å². The molecule has 0 bridgehead atoms. The minimum Gasteiger partial charge on any atom is -0.447 e. The fourth-order valence-corrected chi connectivity index (χ4v) is 6.94. The first kappa shape index (κ1) is 31.7. The molecule has 3 amide bonds. The van der Waals surface area contributed by atoms with Gasteiger partial charge in [-0.3, -0.25) is 14.5 Å². The number of nitrogens with zero attached hydrogens (tertiary/aromatic N) is 5. The topological polar surface area (TPSA) is 86.3 Å². The van der Waals surface area contributed by atoms with Crippen LogP contribution in [0.5, 0.6) is 0 Å². The smallest absolute Gasteiger partial charge is 0.410 e. The molecule has 9 nitrogen and oxygen atoms in total. The minimum absolute atomic E-state index is 0.0211. The number of likely N-dealkylation sites (tertiary alicyclic amines) is 2. The van der Waals surface area contributed by atoms with Crippen molar-refractivity contribution in [2.45, 2.75) is 51.7 Å². The van der Waals surface area contributed by atoms with E-state index in [1.807, 2.05) is 96.4 Å². The second-order valence-corrected chi connectivity index (χ2v) is 12.9. The van der Waals surface area contributed by atoms with Gasteiger partial charge < -0.3 is 19.4 Å². The summed E-state index contributed by atoms with van der Waals surface area (Å²) in [6.07, 6.45) is 2.87. The van der Waals surface area contributed by atoms with Crippen LogP contribution in [0.25, 0.3) is 22.5 Å². The molecule has 3 fully saturated rings. The van der Waals surface area contributed by atoms with Crippen LogP contribution in [0.2, 0.25) is 0 Å². The van der Waals surface area contributed by atoms with Gasteiger partial charge in [0, 0.05) is 81.0 Å². The number of piperidine rings is 2. The molecular weight excluding hydrogens is 578 g/mol. The highest BCUT2D eigenvalue weighted by Crippen LogP contribution is 2.27. The SMILES string of the molecule is CC(C)OC(=O)N1CCC(C(=O)N2CCC(N3CCN(C(=O)c4cc(-c5ccccc5)nc(-c5ccccc5)c4)CC3)CC2)CC1. The molecule has 0 spiro atoms. The van der Waals surface area contributed by atoms with Crippen molar-refractivity contribution in [3.63, 3.8) is 0 Å². The molecule has 1 aromatic heterocycles. The maximum atomic E-state index is 13.8. The first-order valence-corrected chi connectivity index (χ1v) is 16.8. The highest BCUT2D eigenvalue weighted by Gasteiger charge is 2.35. The normalized spacial score (nSPS) is 18.5. The van der Waals surface area contributed by atoms with Crippen molar-refractivity contribution in [2.75, 3.05) is 52.4 Å². The Morgan fingerprint density at radius 2 is 1.20 bits per heavy atom. The Hall–Kier alpha value is -4.24. The van der Waals surface area contributed by atoms with Crippen LogP contribution >= 0.6 is 0 Å². The van der Waals surface area contributed by atoms with E-state index in [0.29, 0.717) is 50.6 Å². The van der Waals surface area contributed by atoms with Gasteiger partial charge in [0.2, 0.25) is 5.91 Å². The fourth-order valence-electron chi connectivity index (χ4n) is 6.94. The number of hydrogen-bond donors (Lipinski definition) is 0. The number of piperazine rings is 1. The van der Waals surface area contributed by atoms with Crippen LogP contribution in [0.1, 0.15) is 49.9 Å². The van der Waals surface area contributed by atoms with Gasteiger partial charge in [-0.25, -0.2) is 9.78 Å². The van der Waals surface area contributed by atoms with E-state index in [9.17, 15) is 14.4 Å². The Kier molecular flexibility index (Phi) is 9.97. The summed E-state index contributed by atoms with van der Waals surface area (Å²) in [6, 6.07) is 24.3. The molecule has 3 aliphatic heterocycles. The summed E-state index contributed by atoms with van der Waals surface area (Å²) >= 11 is 0. The lowest BCUT2D eigenvalue weighted by Gasteiger charge is -2.43. The van der Waals surface area contributed by atoms with Crippen molar-refractivity contribution < 1.29 is 19.1 Å². The van der Waals surface area contributed by atoms with Gasteiger partial charge in [-0.15, -0.1) is 0 Å². The molecule has 0 N–H and O–H groups in total. The van der Waals surface area contributed by atoms with Gasteiger partial charge in [0.05, 0.1) is 17.5 Å². The predicted molar refractivity (Wildman–Crippen MR) is 178 cm³/mol. The third kappa shape index (κ3) is 7.41. The van der Waals surface area contributed by atoms with Crippen molar-refractivity contribution >= 4 is 17.9 Å². The number of hydrogen-bond acceptors (Lipinski definition) is 6. The van der Waals surface area contributed by atoms with Crippen LogP contribution in [-0.4, -0.2) is 107 Å². The van der Waals surface area contributed by atoms with Crippen LogP contribution in [0, 0.1) is 5.92 Å². The Bertz CT molecular complexity index is 1430. The molecular formula is C37H45N5O4. The van der Waals surface area contributed by atoms with Crippen LogP contribution in [0.3, 0.4) is 0 Å². The van der Waals surface area contributed by atoms with E-state index < -0.39 is 0 Å². The van der Waals surface area contributed by atoms with Gasteiger partial charge >= 0.3 is 6.09 Å². The van der Waals surface area contributed by atoms with Crippen molar-refractivity contribution in [1.29, 1.82) is 0 Å². The molecule has 9 heteroatoms. The van der Waals surface area contributed by atoms with Gasteiger partial charge in [0.1, 0.15) is 0 Å². The molecule has 0 unspecified atom stereocenters. The first-order chi connectivity index (χ1) is 22.4. The van der Waals surface area contributed by atoms with Crippen LogP contribution in [-0.2, 0) is 9.53 Å². The van der Waals surface area contributed by atoms with E-state index in [-0.39, 0.29) is 29.9 Å². The Balaban J connectivity index is 1.02. The highest BCUT2D eigenvalue weighted by molar-refractivity contribution is 5.96. The fraction of sp³-hybridized carbons (Fsp3) is 0.459. The highest BCUT2D eigenvalue weighted by atomic mass is 16.6. The summed E-state index contributed by atoms with van der Waals surface area (Å²) in [4.78, 5) is 52.5. The number of aromatic nitrogens is 1. The zero-order chi connectivity index (χ0) is 32.0. The first-order valence-electron chi connectivity index (χ1n) is 16.8. The van der Waals surface area contributed by atoms with Crippen molar-refractivity contribution in [3.05, 3.63) is 78.4 Å². The van der Waals surface area contributed by atoms with Crippen LogP contribution < -0.4 is 0 Å². The largest absolute Gasteiger partial charge is 0.447 e. The summed E-state index contributed by atoms with van der Waals surface area (Å²) in [7, 11) is 0. The number of rotatable bonds is 6. The van der Waals surface area contributed by atoms with Crippen molar-refractivity contribution in [3.8, 4) is 22.5 Å². The summed E-state index contributed by atoms with van der Waals surface area (Å²) in [5, 5.41) is 0. The summed E-state index contributed by atoms with van der Waals surface area (Å²) in [6.45, 7) is 9.39. The number of amides is 3. The zero-order valence-electron chi connectivity index (χ0n) is 27.0. The van der Waals surface area contributed by atoms with Crippen molar-refractivity contribution in [1.82, 2.24) is 24.6 Å². The van der Waals surface area contributed by atoms with E-state index in [1.165, 1.54) is 0 Å². The lowest BCUT2D eigenvalue weighted by Crippen LogP contribution is -2.55. The second kappa shape index (κ2) is 14.5. The van der Waals surface area contributed by atoms with Crippen LogP contribution in [0.4, 0.5) is 4.79 Å². The number of carbonyl (C=O) groups excluding carboxylic acids is 3. The number of carbonyl (C=O) groups is 3. The van der Waals surface area contributed by atoms with Gasteiger partial charge in [-0.05, 0) is 51.7 Å². The van der Waals surface area contributed by atoms with E-state index in [1.54, 1.807) is 4.90 Å². The molecule has 6 rings (SSSR count). The van der Waals surface area contributed by atoms with Crippen LogP contribution in [0.15, 0.2) is 72.8 Å². The summed E-state index contributed by atoms with van der Waals surface area (Å²) < 4.78 is 5.32. The number of ether oxygens (including phenoxy) is 1. The van der Waals surface area contributed by atoms with E-state index >= 15 is 0 Å². The average Bonchev–Trinajstić information content (AvgIpc) is 3.11. The maximum absolute atomic E-state index is 13.8. The van der Waals surface area contributed by atoms with E-state index in [0.717, 1.165) is 61.5 Å². The molecule has 4 heterocycles. The molecule has 3 aromatic rings. The van der Waals surface area contributed by atoms with Gasteiger partial charge in [0.15, 0.2) is 0 Å². The van der Waals surface area contributed by atoms with Gasteiger partial charge in [-0.2, -0.15) is 0 Å². The average molecular weight is 624 g/mol. The standard InChI is InChI=1S/C37H45N5O4/c1-27(2)46-37(45)42-17-13-30(14-18-42)35(43)40-19-15-32(16-20-40)39-21-23-41(24-22-39)36(44)31-25-33(28-9-5-3-6-10-28)38-34(26-31)29-11-7-4-8-12-29/h3-12,25-27,30,32H,13-24H2,1-2H3. The van der Waals surface area contributed by atoms with Gasteiger partial charge in [-0.1, -0.05) is 60.7 Å². The third-order valence-corrected chi connectivity index (χ3v) is 9.54. The lowest BCUT2D eigenvalue weighted by atomic mass is 9.93. The molecule has 0 saturated carbocycles. The quantitative estimate of drug-likeness (QED) is 0.365. The minimum atomic E-state index is -0.279.